The van der Waals surface area contributed by atoms with Crippen LogP contribution in [-0.2, 0) is 9.53 Å². The van der Waals surface area contributed by atoms with Crippen molar-refractivity contribution >= 4 is 23.3 Å². The van der Waals surface area contributed by atoms with E-state index in [-0.39, 0.29) is 11.9 Å². The summed E-state index contributed by atoms with van der Waals surface area (Å²) in [4.78, 5) is 31.4. The monoisotopic (exact) mass is 403 g/mol. The van der Waals surface area contributed by atoms with Crippen LogP contribution in [0.4, 0.5) is 9.18 Å². The summed E-state index contributed by atoms with van der Waals surface area (Å²) in [5.74, 6) is -0.957. The number of carbonyl (C=O) groups excluding carboxylic acids is 2. The maximum atomic E-state index is 13.1. The van der Waals surface area contributed by atoms with Gasteiger partial charge in [-0.05, 0) is 63.0 Å². The molecule has 1 unspecified atom stereocenters. The molecule has 0 aliphatic carbocycles. The van der Waals surface area contributed by atoms with E-state index in [2.05, 4.69) is 15.2 Å². The molecule has 0 radical (unpaired) electrons. The molecule has 2 atom stereocenters. The van der Waals surface area contributed by atoms with Crippen LogP contribution in [-0.4, -0.2) is 47.6 Å². The number of ether oxygens (including phenoxy) is 1. The van der Waals surface area contributed by atoms with E-state index in [9.17, 15) is 14.0 Å². The van der Waals surface area contributed by atoms with Gasteiger partial charge >= 0.3 is 6.09 Å². The predicted octanol–water partition coefficient (Wildman–Crippen LogP) is 3.40. The number of fused-ring (bicyclic) bond motifs is 3. The van der Waals surface area contributed by atoms with Gasteiger partial charge in [0.1, 0.15) is 16.9 Å². The standard InChI is InChI=1S/C20H22FN3O3S/c1-12(16-11-28-19(22-16)14-2-4-15(21)5-3-14)18(25)23-20(26)27-17-10-24-8-6-13(17)7-9-24/h2-5,11-13,17H,6-10H2,1H3,(H,23,25,26)/t12?,17-/m1/s1. The summed E-state index contributed by atoms with van der Waals surface area (Å²) in [6, 6.07) is 6.04. The first-order valence-electron chi connectivity index (χ1n) is 9.45. The zero-order valence-electron chi connectivity index (χ0n) is 15.6. The fraction of sp³-hybridized carbons (Fsp3) is 0.450. The molecule has 3 fully saturated rings. The predicted molar refractivity (Wildman–Crippen MR) is 103 cm³/mol. The lowest BCUT2D eigenvalue weighted by atomic mass is 9.86. The maximum absolute atomic E-state index is 13.1. The van der Waals surface area contributed by atoms with Gasteiger partial charge in [-0.15, -0.1) is 11.3 Å². The smallest absolute Gasteiger partial charge is 0.414 e. The number of aromatic nitrogens is 1. The van der Waals surface area contributed by atoms with Crippen molar-refractivity contribution in [1.82, 2.24) is 15.2 Å². The maximum Gasteiger partial charge on any atom is 0.414 e. The Morgan fingerprint density at radius 1 is 1.29 bits per heavy atom. The number of nitrogens with zero attached hydrogens (tertiary/aromatic N) is 2. The van der Waals surface area contributed by atoms with Crippen molar-refractivity contribution in [1.29, 1.82) is 0 Å². The zero-order valence-corrected chi connectivity index (χ0v) is 16.4. The zero-order chi connectivity index (χ0) is 19.7. The molecule has 0 saturated carbocycles. The fourth-order valence-electron chi connectivity index (χ4n) is 3.76. The van der Waals surface area contributed by atoms with E-state index in [4.69, 9.17) is 4.74 Å². The summed E-state index contributed by atoms with van der Waals surface area (Å²) in [5, 5.41) is 4.82. The third kappa shape index (κ3) is 4.07. The van der Waals surface area contributed by atoms with Crippen LogP contribution >= 0.6 is 11.3 Å². The van der Waals surface area contributed by atoms with Crippen molar-refractivity contribution in [3.63, 3.8) is 0 Å². The number of nitrogens with one attached hydrogen (secondary N) is 1. The first-order chi connectivity index (χ1) is 13.5. The van der Waals surface area contributed by atoms with Crippen LogP contribution in [0, 0.1) is 11.7 Å². The van der Waals surface area contributed by atoms with Crippen LogP contribution in [0.25, 0.3) is 10.6 Å². The molecule has 28 heavy (non-hydrogen) atoms. The Morgan fingerprint density at radius 3 is 2.64 bits per heavy atom. The highest BCUT2D eigenvalue weighted by molar-refractivity contribution is 7.13. The number of piperidine rings is 3. The van der Waals surface area contributed by atoms with Crippen molar-refractivity contribution in [2.75, 3.05) is 19.6 Å². The number of benzene rings is 1. The third-order valence-electron chi connectivity index (χ3n) is 5.53. The molecule has 8 heteroatoms. The summed E-state index contributed by atoms with van der Waals surface area (Å²) >= 11 is 1.37. The van der Waals surface area contributed by atoms with Crippen molar-refractivity contribution in [3.05, 3.63) is 41.2 Å². The molecule has 148 valence electrons. The Labute approximate surface area is 166 Å². The quantitative estimate of drug-likeness (QED) is 0.847. The van der Waals surface area contributed by atoms with Gasteiger partial charge in [-0.2, -0.15) is 0 Å². The number of imide groups is 1. The van der Waals surface area contributed by atoms with Crippen molar-refractivity contribution in [3.8, 4) is 10.6 Å². The molecular formula is C20H22FN3O3S. The topological polar surface area (TPSA) is 71.5 Å². The average molecular weight is 403 g/mol. The van der Waals surface area contributed by atoms with E-state index in [0.717, 1.165) is 38.0 Å². The molecule has 1 aromatic carbocycles. The van der Waals surface area contributed by atoms with Gasteiger partial charge in [0.25, 0.3) is 0 Å². The van der Waals surface area contributed by atoms with Crippen LogP contribution in [0.5, 0.6) is 0 Å². The molecule has 3 aliphatic rings. The Morgan fingerprint density at radius 2 is 2.00 bits per heavy atom. The van der Waals surface area contributed by atoms with Gasteiger partial charge in [0, 0.05) is 17.5 Å². The van der Waals surface area contributed by atoms with E-state index >= 15 is 0 Å². The number of thiazole rings is 1. The van der Waals surface area contributed by atoms with Crippen LogP contribution in [0.2, 0.25) is 0 Å². The second-order valence-corrected chi connectivity index (χ2v) is 8.24. The Hall–Kier alpha value is -2.32. The molecule has 3 aliphatic heterocycles. The highest BCUT2D eigenvalue weighted by Crippen LogP contribution is 2.30. The van der Waals surface area contributed by atoms with E-state index in [0.29, 0.717) is 16.6 Å². The number of halogens is 1. The molecule has 4 heterocycles. The first kappa shape index (κ1) is 19.0. The van der Waals surface area contributed by atoms with Gasteiger partial charge in [0.05, 0.1) is 11.6 Å². The van der Waals surface area contributed by atoms with Crippen LogP contribution in [0.3, 0.4) is 0 Å². The highest BCUT2D eigenvalue weighted by Gasteiger charge is 2.36. The molecule has 0 spiro atoms. The molecule has 6 nitrogen and oxygen atoms in total. The van der Waals surface area contributed by atoms with Gasteiger partial charge in [0.15, 0.2) is 0 Å². The van der Waals surface area contributed by atoms with E-state index < -0.39 is 17.9 Å². The van der Waals surface area contributed by atoms with E-state index in [1.54, 1.807) is 24.4 Å². The molecule has 3 saturated heterocycles. The average Bonchev–Trinajstić information content (AvgIpc) is 3.19. The number of hydrogen-bond acceptors (Lipinski definition) is 6. The van der Waals surface area contributed by atoms with E-state index in [1.807, 2.05) is 0 Å². The Balaban J connectivity index is 1.34. The summed E-state index contributed by atoms with van der Waals surface area (Å²) in [7, 11) is 0. The van der Waals surface area contributed by atoms with Gasteiger partial charge in [-0.3, -0.25) is 15.0 Å². The number of amides is 2. The minimum atomic E-state index is -0.690. The highest BCUT2D eigenvalue weighted by atomic mass is 32.1. The minimum absolute atomic E-state index is 0.144. The molecular weight excluding hydrogens is 381 g/mol. The SMILES string of the molecule is CC(C(=O)NC(=O)O[C@@H]1CN2CCC1CC2)c1csc(-c2ccc(F)cc2)n1. The molecule has 5 rings (SSSR count). The van der Waals surface area contributed by atoms with Gasteiger partial charge in [-0.1, -0.05) is 0 Å². The normalized spacial score (nSPS) is 24.6. The van der Waals surface area contributed by atoms with Gasteiger partial charge < -0.3 is 4.74 Å². The lowest BCUT2D eigenvalue weighted by Gasteiger charge is -2.43. The third-order valence-corrected chi connectivity index (χ3v) is 6.44. The van der Waals surface area contributed by atoms with Crippen molar-refractivity contribution in [2.24, 2.45) is 5.92 Å². The van der Waals surface area contributed by atoms with Crippen LogP contribution in [0.15, 0.2) is 29.6 Å². The number of carbonyl (C=O) groups is 2. The van der Waals surface area contributed by atoms with Gasteiger partial charge in [0.2, 0.25) is 5.91 Å². The fourth-order valence-corrected chi connectivity index (χ4v) is 4.68. The van der Waals surface area contributed by atoms with Crippen LogP contribution in [0.1, 0.15) is 31.4 Å². The molecule has 1 N–H and O–H groups in total. The number of rotatable bonds is 4. The summed E-state index contributed by atoms with van der Waals surface area (Å²) in [6.07, 6.45) is 1.24. The summed E-state index contributed by atoms with van der Waals surface area (Å²) in [6.45, 7) is 4.56. The Kier molecular flexibility index (Phi) is 5.41. The second kappa shape index (κ2) is 7.97. The molecule has 2 aromatic rings. The molecule has 1 aromatic heterocycles. The lowest BCUT2D eigenvalue weighted by molar-refractivity contribution is -0.122. The largest absolute Gasteiger partial charge is 0.444 e. The van der Waals surface area contributed by atoms with Crippen molar-refractivity contribution in [2.45, 2.75) is 31.8 Å². The minimum Gasteiger partial charge on any atom is -0.444 e. The molecule has 2 bridgehead atoms. The second-order valence-electron chi connectivity index (χ2n) is 7.38. The summed E-state index contributed by atoms with van der Waals surface area (Å²) < 4.78 is 18.6. The van der Waals surface area contributed by atoms with Crippen LogP contribution < -0.4 is 5.32 Å². The first-order valence-corrected chi connectivity index (χ1v) is 10.3. The molecule has 2 amide bonds. The van der Waals surface area contributed by atoms with Crippen molar-refractivity contribution < 1.29 is 18.7 Å². The number of hydrogen-bond donors (Lipinski definition) is 1. The summed E-state index contributed by atoms with van der Waals surface area (Å²) in [5.41, 5.74) is 1.35. The number of alkyl carbamates (subject to hydrolysis) is 1. The lowest BCUT2D eigenvalue weighted by Crippen LogP contribution is -2.53. The van der Waals surface area contributed by atoms with E-state index in [1.165, 1.54) is 23.5 Å². The van der Waals surface area contributed by atoms with Gasteiger partial charge in [-0.25, -0.2) is 14.2 Å². The Bertz CT molecular complexity index is 862.